The number of benzene rings is 3. The molecule has 0 atom stereocenters. The topological polar surface area (TPSA) is 70.6 Å². The van der Waals surface area contributed by atoms with E-state index in [2.05, 4.69) is 15.8 Å². The van der Waals surface area contributed by atoms with Crippen molar-refractivity contribution >= 4 is 35.9 Å². The summed E-state index contributed by atoms with van der Waals surface area (Å²) < 4.78 is 0. The molecule has 3 aromatic rings. The number of para-hydroxylation sites is 1. The first-order valence-electron chi connectivity index (χ1n) is 9.40. The molecule has 3 aromatic carbocycles. The van der Waals surface area contributed by atoms with Crippen molar-refractivity contribution in [2.45, 2.75) is 0 Å². The smallest absolute Gasteiger partial charge is 0.273 e. The van der Waals surface area contributed by atoms with E-state index in [4.69, 9.17) is 0 Å². The molecule has 2 amide bonds. The average molecular weight is 395 g/mol. The minimum Gasteiger partial charge on any atom is -0.322 e. The van der Waals surface area contributed by atoms with Crippen LogP contribution in [0.4, 0.5) is 5.69 Å². The van der Waals surface area contributed by atoms with Gasteiger partial charge in [0, 0.05) is 12.3 Å². The Kier molecular flexibility index (Phi) is 7.46. The SMILES string of the molecule is O=C(/C=C/c1ccccc1)Nc1ccccc1C(=O)N/N=C\C=C\c1ccccc1. The second-order valence-electron chi connectivity index (χ2n) is 6.27. The van der Waals surface area contributed by atoms with E-state index in [9.17, 15) is 9.59 Å². The van der Waals surface area contributed by atoms with E-state index in [0.29, 0.717) is 11.3 Å². The van der Waals surface area contributed by atoms with Gasteiger partial charge in [-0.05, 0) is 35.4 Å². The zero-order chi connectivity index (χ0) is 21.0. The van der Waals surface area contributed by atoms with Crippen LogP contribution in [0.3, 0.4) is 0 Å². The minimum absolute atomic E-state index is 0.322. The number of allylic oxidation sites excluding steroid dienone is 1. The molecule has 0 saturated heterocycles. The van der Waals surface area contributed by atoms with Gasteiger partial charge in [-0.2, -0.15) is 5.10 Å². The maximum atomic E-state index is 12.4. The van der Waals surface area contributed by atoms with Gasteiger partial charge in [0.15, 0.2) is 0 Å². The fourth-order valence-electron chi connectivity index (χ4n) is 2.62. The number of rotatable bonds is 7. The molecule has 0 unspecified atom stereocenters. The number of hydrazone groups is 1. The monoisotopic (exact) mass is 395 g/mol. The Hall–Kier alpha value is -4.25. The lowest BCUT2D eigenvalue weighted by molar-refractivity contribution is -0.111. The molecule has 3 rings (SSSR count). The standard InChI is InChI=1S/C25H21N3O2/c29-24(18-17-21-12-5-2-6-13-21)27-23-16-8-7-15-22(23)25(30)28-26-19-9-14-20-10-3-1-4-11-20/h1-19H,(H,27,29)(H,28,30)/b14-9+,18-17+,26-19-. The third kappa shape index (κ3) is 6.42. The molecular weight excluding hydrogens is 374 g/mol. The number of anilines is 1. The van der Waals surface area contributed by atoms with Crippen molar-refractivity contribution in [3.8, 4) is 0 Å². The van der Waals surface area contributed by atoms with Crippen LogP contribution in [0.15, 0.2) is 102 Å². The number of carbonyl (C=O) groups excluding carboxylic acids is 2. The Morgan fingerprint density at radius 1 is 0.733 bits per heavy atom. The van der Waals surface area contributed by atoms with Crippen molar-refractivity contribution in [2.75, 3.05) is 5.32 Å². The summed E-state index contributed by atoms with van der Waals surface area (Å²) >= 11 is 0. The fraction of sp³-hybridized carbons (Fsp3) is 0. The maximum Gasteiger partial charge on any atom is 0.273 e. The Balaban J connectivity index is 1.59. The molecule has 0 aliphatic rings. The molecule has 0 heterocycles. The molecule has 0 aromatic heterocycles. The normalized spacial score (nSPS) is 11.2. The highest BCUT2D eigenvalue weighted by atomic mass is 16.2. The summed E-state index contributed by atoms with van der Waals surface area (Å²) in [6.45, 7) is 0. The molecule has 0 radical (unpaired) electrons. The predicted octanol–water partition coefficient (Wildman–Crippen LogP) is 4.77. The average Bonchev–Trinajstić information content (AvgIpc) is 2.79. The summed E-state index contributed by atoms with van der Waals surface area (Å²) in [7, 11) is 0. The van der Waals surface area contributed by atoms with Crippen molar-refractivity contribution in [3.05, 3.63) is 114 Å². The first kappa shape index (κ1) is 20.5. The van der Waals surface area contributed by atoms with Crippen LogP contribution in [0.1, 0.15) is 21.5 Å². The van der Waals surface area contributed by atoms with Gasteiger partial charge in [0.2, 0.25) is 5.91 Å². The van der Waals surface area contributed by atoms with E-state index in [1.54, 1.807) is 36.4 Å². The molecule has 0 aliphatic heterocycles. The molecule has 5 heteroatoms. The quantitative estimate of drug-likeness (QED) is 0.344. The Bertz CT molecular complexity index is 1070. The zero-order valence-electron chi connectivity index (χ0n) is 16.2. The third-order valence-electron chi connectivity index (χ3n) is 4.07. The van der Waals surface area contributed by atoms with Gasteiger partial charge < -0.3 is 5.32 Å². The summed E-state index contributed by atoms with van der Waals surface area (Å²) in [6.07, 6.45) is 8.24. The molecule has 30 heavy (non-hydrogen) atoms. The van der Waals surface area contributed by atoms with E-state index < -0.39 is 5.91 Å². The minimum atomic E-state index is -0.415. The molecule has 0 saturated carbocycles. The first-order valence-corrected chi connectivity index (χ1v) is 9.40. The maximum absolute atomic E-state index is 12.4. The van der Waals surface area contributed by atoms with Crippen LogP contribution >= 0.6 is 0 Å². The summed E-state index contributed by atoms with van der Waals surface area (Å²) in [5.41, 5.74) is 5.15. The van der Waals surface area contributed by atoms with Gasteiger partial charge in [-0.1, -0.05) is 78.9 Å². The lowest BCUT2D eigenvalue weighted by Crippen LogP contribution is -2.20. The number of amides is 2. The molecule has 0 bridgehead atoms. The summed E-state index contributed by atoms with van der Waals surface area (Å²) in [4.78, 5) is 24.7. The number of carbonyl (C=O) groups is 2. The Labute approximate surface area is 175 Å². The van der Waals surface area contributed by atoms with Crippen LogP contribution in [-0.4, -0.2) is 18.0 Å². The van der Waals surface area contributed by atoms with Gasteiger partial charge >= 0.3 is 0 Å². The van der Waals surface area contributed by atoms with Crippen LogP contribution in [0.2, 0.25) is 0 Å². The zero-order valence-corrected chi connectivity index (χ0v) is 16.2. The van der Waals surface area contributed by atoms with Crippen molar-refractivity contribution < 1.29 is 9.59 Å². The lowest BCUT2D eigenvalue weighted by Gasteiger charge is -2.08. The predicted molar refractivity (Wildman–Crippen MR) is 122 cm³/mol. The summed E-state index contributed by atoms with van der Waals surface area (Å²) in [5, 5.41) is 6.65. The highest BCUT2D eigenvalue weighted by Gasteiger charge is 2.11. The molecular formula is C25H21N3O2. The molecule has 5 nitrogen and oxygen atoms in total. The number of hydrogen-bond acceptors (Lipinski definition) is 3. The highest BCUT2D eigenvalue weighted by Crippen LogP contribution is 2.15. The second-order valence-corrected chi connectivity index (χ2v) is 6.27. The van der Waals surface area contributed by atoms with Crippen LogP contribution < -0.4 is 10.7 Å². The molecule has 148 valence electrons. The number of hydrogen-bond donors (Lipinski definition) is 2. The molecule has 2 N–H and O–H groups in total. The van der Waals surface area contributed by atoms with Crippen molar-refractivity contribution in [1.82, 2.24) is 5.43 Å². The van der Waals surface area contributed by atoms with E-state index in [-0.39, 0.29) is 5.91 Å². The summed E-state index contributed by atoms with van der Waals surface area (Å²) in [5.74, 6) is -0.740. The molecule has 0 spiro atoms. The Morgan fingerprint density at radius 2 is 1.33 bits per heavy atom. The van der Waals surface area contributed by atoms with E-state index >= 15 is 0 Å². The van der Waals surface area contributed by atoms with Crippen LogP contribution in [0, 0.1) is 0 Å². The van der Waals surface area contributed by atoms with E-state index in [1.807, 2.05) is 66.7 Å². The number of nitrogens with zero attached hydrogens (tertiary/aromatic N) is 1. The van der Waals surface area contributed by atoms with E-state index in [0.717, 1.165) is 11.1 Å². The van der Waals surface area contributed by atoms with Crippen LogP contribution in [-0.2, 0) is 4.79 Å². The van der Waals surface area contributed by atoms with Gasteiger partial charge in [0.05, 0.1) is 11.3 Å². The van der Waals surface area contributed by atoms with Gasteiger partial charge in [-0.3, -0.25) is 9.59 Å². The van der Waals surface area contributed by atoms with Gasteiger partial charge in [-0.15, -0.1) is 0 Å². The van der Waals surface area contributed by atoms with Crippen molar-refractivity contribution in [3.63, 3.8) is 0 Å². The largest absolute Gasteiger partial charge is 0.322 e. The molecule has 0 aliphatic carbocycles. The van der Waals surface area contributed by atoms with Gasteiger partial charge in [0.1, 0.15) is 0 Å². The highest BCUT2D eigenvalue weighted by molar-refractivity contribution is 6.07. The van der Waals surface area contributed by atoms with Crippen LogP contribution in [0.25, 0.3) is 12.2 Å². The van der Waals surface area contributed by atoms with Gasteiger partial charge in [-0.25, -0.2) is 5.43 Å². The third-order valence-corrected chi connectivity index (χ3v) is 4.07. The first-order chi connectivity index (χ1) is 14.7. The van der Waals surface area contributed by atoms with Crippen molar-refractivity contribution in [2.24, 2.45) is 5.10 Å². The fourth-order valence-corrected chi connectivity index (χ4v) is 2.62. The molecule has 0 fully saturated rings. The second kappa shape index (κ2) is 10.9. The number of nitrogens with one attached hydrogen (secondary N) is 2. The lowest BCUT2D eigenvalue weighted by atomic mass is 10.1. The van der Waals surface area contributed by atoms with Crippen molar-refractivity contribution in [1.29, 1.82) is 0 Å². The Morgan fingerprint density at radius 3 is 2.03 bits per heavy atom. The van der Waals surface area contributed by atoms with Gasteiger partial charge in [0.25, 0.3) is 5.91 Å². The van der Waals surface area contributed by atoms with E-state index in [1.165, 1.54) is 12.3 Å². The van der Waals surface area contributed by atoms with Crippen LogP contribution in [0.5, 0.6) is 0 Å². The summed E-state index contributed by atoms with van der Waals surface area (Å²) in [6, 6.07) is 26.0.